The van der Waals surface area contributed by atoms with E-state index in [2.05, 4.69) is 11.3 Å². The number of methoxy groups -OCH3 is 1. The lowest BCUT2D eigenvalue weighted by atomic mass is 10.0. The van der Waals surface area contributed by atoms with Crippen LogP contribution in [0.15, 0.2) is 12.2 Å². The van der Waals surface area contributed by atoms with Crippen molar-refractivity contribution in [2.45, 2.75) is 31.3 Å². The minimum atomic E-state index is -1.79. The smallest absolute Gasteiger partial charge is 0.332 e. The first-order chi connectivity index (χ1) is 8.72. The predicted molar refractivity (Wildman–Crippen MR) is 64.0 cm³/mol. The zero-order valence-corrected chi connectivity index (χ0v) is 10.8. The SMILES string of the molecule is C=C(C)C(=O)OC.O=C[C@H](O)[C@@H](O)[C@H](O)[C@H](O)CO. The average Bonchev–Trinajstić information content (AvgIpc) is 2.43. The standard InChI is InChI=1S/C6H12O6.C5H8O2/c7-1-3(9)5(11)6(12)4(10)2-8;1-4(2)5(6)7-3/h1,3-6,8-12H,2H2;1H2,2-3H3/t3-,4+,5+,6+;/m0./s1. The first kappa shape index (κ1) is 20.0. The van der Waals surface area contributed by atoms with Crippen LogP contribution in [0.3, 0.4) is 0 Å². The van der Waals surface area contributed by atoms with E-state index in [0.717, 1.165) is 0 Å². The van der Waals surface area contributed by atoms with Gasteiger partial charge in [0.25, 0.3) is 0 Å². The van der Waals surface area contributed by atoms with Gasteiger partial charge in [-0.2, -0.15) is 0 Å². The molecule has 0 aromatic heterocycles. The lowest BCUT2D eigenvalue weighted by Crippen LogP contribution is -2.46. The summed E-state index contributed by atoms with van der Waals surface area (Å²) in [5.41, 5.74) is 0.433. The Labute approximate surface area is 110 Å². The second-order valence-electron chi connectivity index (χ2n) is 3.63. The fourth-order valence-electron chi connectivity index (χ4n) is 0.792. The van der Waals surface area contributed by atoms with Gasteiger partial charge in [0.1, 0.15) is 24.4 Å². The number of aliphatic hydroxyl groups is 5. The van der Waals surface area contributed by atoms with Gasteiger partial charge in [0.05, 0.1) is 13.7 Å². The van der Waals surface area contributed by atoms with Gasteiger partial charge >= 0.3 is 5.97 Å². The molecule has 112 valence electrons. The van der Waals surface area contributed by atoms with E-state index < -0.39 is 31.0 Å². The molecule has 0 bridgehead atoms. The summed E-state index contributed by atoms with van der Waals surface area (Å²) in [6.45, 7) is 4.19. The number of hydrogen-bond acceptors (Lipinski definition) is 8. The second-order valence-corrected chi connectivity index (χ2v) is 3.63. The summed E-state index contributed by atoms with van der Waals surface area (Å²) in [4.78, 5) is 20.1. The molecule has 0 unspecified atom stereocenters. The summed E-state index contributed by atoms with van der Waals surface area (Å²) < 4.78 is 4.27. The maximum Gasteiger partial charge on any atom is 0.332 e. The second kappa shape index (κ2) is 10.6. The van der Waals surface area contributed by atoms with Crippen LogP contribution in [0.1, 0.15) is 6.92 Å². The Kier molecular flexibility index (Phi) is 11.1. The first-order valence-corrected chi connectivity index (χ1v) is 5.25. The Bertz CT molecular complexity index is 290. The molecule has 0 aliphatic heterocycles. The number of ether oxygens (including phenoxy) is 1. The summed E-state index contributed by atoms with van der Waals surface area (Å²) in [7, 11) is 1.33. The molecule has 4 atom stereocenters. The number of aldehydes is 1. The van der Waals surface area contributed by atoms with Crippen molar-refractivity contribution >= 4 is 12.3 Å². The van der Waals surface area contributed by atoms with Crippen LogP contribution in [0.4, 0.5) is 0 Å². The number of aliphatic hydroxyl groups excluding tert-OH is 5. The average molecular weight is 280 g/mol. The molecule has 0 radical (unpaired) electrons. The fourth-order valence-corrected chi connectivity index (χ4v) is 0.792. The lowest BCUT2D eigenvalue weighted by molar-refractivity contribution is -0.136. The molecule has 0 aliphatic rings. The van der Waals surface area contributed by atoms with Gasteiger partial charge in [-0.15, -0.1) is 0 Å². The number of carbonyl (C=O) groups excluding carboxylic acids is 2. The molecule has 0 aliphatic carbocycles. The molecule has 0 aromatic rings. The largest absolute Gasteiger partial charge is 0.466 e. The summed E-state index contributed by atoms with van der Waals surface area (Å²) in [5, 5.41) is 43.5. The van der Waals surface area contributed by atoms with E-state index in [4.69, 9.17) is 25.5 Å². The number of esters is 1. The van der Waals surface area contributed by atoms with E-state index in [9.17, 15) is 9.59 Å². The van der Waals surface area contributed by atoms with Gasteiger partial charge in [-0.1, -0.05) is 6.58 Å². The summed E-state index contributed by atoms with van der Waals surface area (Å²) in [5.74, 6) is -0.347. The van der Waals surface area contributed by atoms with E-state index in [-0.39, 0.29) is 12.3 Å². The quantitative estimate of drug-likeness (QED) is 0.202. The van der Waals surface area contributed by atoms with E-state index in [0.29, 0.717) is 5.57 Å². The van der Waals surface area contributed by atoms with Crippen LogP contribution in [0.2, 0.25) is 0 Å². The molecule has 0 aromatic carbocycles. The minimum Gasteiger partial charge on any atom is -0.466 e. The molecule has 19 heavy (non-hydrogen) atoms. The molecule has 0 spiro atoms. The van der Waals surface area contributed by atoms with Crippen molar-refractivity contribution in [1.82, 2.24) is 0 Å². The van der Waals surface area contributed by atoms with Gasteiger partial charge < -0.3 is 35.1 Å². The fraction of sp³-hybridized carbons (Fsp3) is 0.636. The number of rotatable bonds is 6. The van der Waals surface area contributed by atoms with Crippen molar-refractivity contribution in [2.75, 3.05) is 13.7 Å². The minimum absolute atomic E-state index is 0.0258. The Morgan fingerprint density at radius 1 is 1.26 bits per heavy atom. The number of carbonyl (C=O) groups is 2. The molecular formula is C11H20O8. The third-order valence-electron chi connectivity index (χ3n) is 1.95. The van der Waals surface area contributed by atoms with Crippen LogP contribution in [0.5, 0.6) is 0 Å². The Balaban J connectivity index is 0. The maximum absolute atomic E-state index is 10.2. The van der Waals surface area contributed by atoms with Gasteiger partial charge in [-0.25, -0.2) is 4.79 Å². The van der Waals surface area contributed by atoms with Gasteiger partial charge in [0.15, 0.2) is 6.29 Å². The van der Waals surface area contributed by atoms with Gasteiger partial charge in [0.2, 0.25) is 0 Å². The molecule has 0 saturated carbocycles. The van der Waals surface area contributed by atoms with Crippen LogP contribution in [0, 0.1) is 0 Å². The van der Waals surface area contributed by atoms with Gasteiger partial charge in [-0.3, -0.25) is 0 Å². The van der Waals surface area contributed by atoms with Crippen LogP contribution in [0.25, 0.3) is 0 Å². The molecular weight excluding hydrogens is 260 g/mol. The van der Waals surface area contributed by atoms with E-state index in [1.54, 1.807) is 6.92 Å². The topological polar surface area (TPSA) is 145 Å². The van der Waals surface area contributed by atoms with Gasteiger partial charge in [0, 0.05) is 5.57 Å². The van der Waals surface area contributed by atoms with Crippen molar-refractivity contribution < 1.29 is 39.9 Å². The van der Waals surface area contributed by atoms with Crippen molar-refractivity contribution in [3.8, 4) is 0 Å². The number of hydrogen-bond donors (Lipinski definition) is 5. The zero-order valence-electron chi connectivity index (χ0n) is 10.8. The highest BCUT2D eigenvalue weighted by atomic mass is 16.5. The highest BCUT2D eigenvalue weighted by molar-refractivity contribution is 5.86. The van der Waals surface area contributed by atoms with Crippen LogP contribution >= 0.6 is 0 Å². The van der Waals surface area contributed by atoms with Crippen LogP contribution in [-0.4, -0.2) is 75.9 Å². The van der Waals surface area contributed by atoms with Crippen molar-refractivity contribution in [3.05, 3.63) is 12.2 Å². The third-order valence-corrected chi connectivity index (χ3v) is 1.95. The monoisotopic (exact) mass is 280 g/mol. The molecule has 0 heterocycles. The summed E-state index contributed by atoms with van der Waals surface area (Å²) in [6.07, 6.45) is -6.84. The van der Waals surface area contributed by atoms with E-state index >= 15 is 0 Å². The molecule has 8 nitrogen and oxygen atoms in total. The molecule has 0 amide bonds. The van der Waals surface area contributed by atoms with Crippen molar-refractivity contribution in [3.63, 3.8) is 0 Å². The molecule has 0 saturated heterocycles. The predicted octanol–water partition coefficient (Wildman–Crippen LogP) is -2.64. The highest BCUT2D eigenvalue weighted by Crippen LogP contribution is 2.02. The Hall–Kier alpha value is -1.32. The van der Waals surface area contributed by atoms with E-state index in [1.807, 2.05) is 0 Å². The molecule has 8 heteroatoms. The molecule has 5 N–H and O–H groups in total. The molecule has 0 rings (SSSR count). The normalized spacial score (nSPS) is 16.2. The highest BCUT2D eigenvalue weighted by Gasteiger charge is 2.29. The van der Waals surface area contributed by atoms with Crippen molar-refractivity contribution in [2.24, 2.45) is 0 Å². The third kappa shape index (κ3) is 8.41. The van der Waals surface area contributed by atoms with Crippen LogP contribution in [-0.2, 0) is 14.3 Å². The Morgan fingerprint density at radius 2 is 1.74 bits per heavy atom. The zero-order chi connectivity index (χ0) is 15.6. The Morgan fingerprint density at radius 3 is 1.95 bits per heavy atom. The summed E-state index contributed by atoms with van der Waals surface area (Å²) in [6, 6.07) is 0. The lowest BCUT2D eigenvalue weighted by Gasteiger charge is -2.22. The van der Waals surface area contributed by atoms with Gasteiger partial charge in [-0.05, 0) is 6.92 Å². The maximum atomic E-state index is 10.2. The first-order valence-electron chi connectivity index (χ1n) is 5.25. The van der Waals surface area contributed by atoms with Crippen molar-refractivity contribution in [1.29, 1.82) is 0 Å². The molecule has 0 fully saturated rings. The summed E-state index contributed by atoms with van der Waals surface area (Å²) >= 11 is 0. The van der Waals surface area contributed by atoms with Crippen LogP contribution < -0.4 is 0 Å². The van der Waals surface area contributed by atoms with E-state index in [1.165, 1.54) is 7.11 Å².